The average Bonchev–Trinajstić information content (AvgIpc) is 2.32. The molecule has 0 aliphatic carbocycles. The fourth-order valence-corrected chi connectivity index (χ4v) is 1.67. The Hall–Kier alpha value is -1.57. The highest BCUT2D eigenvalue weighted by Crippen LogP contribution is 2.16. The van der Waals surface area contributed by atoms with Gasteiger partial charge < -0.3 is 4.90 Å². The van der Waals surface area contributed by atoms with Crippen LogP contribution in [0.1, 0.15) is 26.3 Å². The van der Waals surface area contributed by atoms with Gasteiger partial charge in [0.1, 0.15) is 6.29 Å². The number of hydrogen-bond acceptors (Lipinski definition) is 2. The first-order valence-electron chi connectivity index (χ1n) is 5.69. The van der Waals surface area contributed by atoms with Gasteiger partial charge in [-0.25, -0.2) is 0 Å². The lowest BCUT2D eigenvalue weighted by Gasteiger charge is -2.20. The average molecular weight is 217 g/mol. The van der Waals surface area contributed by atoms with Crippen molar-refractivity contribution >= 4 is 18.0 Å². The maximum atomic E-state index is 10.5. The lowest BCUT2D eigenvalue weighted by molar-refractivity contribution is -0.104. The molecular weight excluding hydrogens is 198 g/mol. The highest BCUT2D eigenvalue weighted by molar-refractivity contribution is 5.80. The third kappa shape index (κ3) is 3.23. The van der Waals surface area contributed by atoms with Crippen LogP contribution in [0, 0.1) is 0 Å². The lowest BCUT2D eigenvalue weighted by atomic mass is 10.1. The van der Waals surface area contributed by atoms with Crippen LogP contribution in [0.3, 0.4) is 0 Å². The summed E-state index contributed by atoms with van der Waals surface area (Å²) in [6, 6.07) is 8.27. The molecule has 0 N–H and O–H groups in total. The van der Waals surface area contributed by atoms with Gasteiger partial charge in [-0.1, -0.05) is 12.1 Å². The van der Waals surface area contributed by atoms with E-state index in [1.165, 1.54) is 5.69 Å². The van der Waals surface area contributed by atoms with Gasteiger partial charge >= 0.3 is 0 Å². The first kappa shape index (κ1) is 12.5. The number of carbonyl (C=O) groups is 1. The van der Waals surface area contributed by atoms with E-state index in [1.807, 2.05) is 25.1 Å². The molecule has 0 fully saturated rings. The minimum Gasteiger partial charge on any atom is -0.372 e. The molecule has 1 rings (SSSR count). The number of rotatable bonds is 5. The summed E-state index contributed by atoms with van der Waals surface area (Å²) >= 11 is 0. The fraction of sp³-hybridized carbons (Fsp3) is 0.357. The van der Waals surface area contributed by atoms with Crippen LogP contribution in [0.4, 0.5) is 5.69 Å². The van der Waals surface area contributed by atoms with Crippen LogP contribution < -0.4 is 4.90 Å². The molecule has 0 bridgehead atoms. The van der Waals surface area contributed by atoms with Gasteiger partial charge in [0.15, 0.2) is 0 Å². The Labute approximate surface area is 97.6 Å². The molecule has 86 valence electrons. The van der Waals surface area contributed by atoms with E-state index in [1.54, 1.807) is 0 Å². The Morgan fingerprint density at radius 3 is 2.19 bits per heavy atom. The summed E-state index contributed by atoms with van der Waals surface area (Å²) in [6.45, 7) is 8.13. The molecule has 0 saturated carbocycles. The van der Waals surface area contributed by atoms with E-state index in [-0.39, 0.29) is 0 Å². The minimum absolute atomic E-state index is 0.746. The molecule has 0 atom stereocenters. The zero-order valence-electron chi connectivity index (χ0n) is 10.2. The van der Waals surface area contributed by atoms with Crippen LogP contribution in [0.2, 0.25) is 0 Å². The molecule has 0 aliphatic rings. The molecule has 0 heterocycles. The number of anilines is 1. The van der Waals surface area contributed by atoms with Gasteiger partial charge in [0.05, 0.1) is 0 Å². The van der Waals surface area contributed by atoms with Gasteiger partial charge in [-0.05, 0) is 50.1 Å². The molecule has 0 aromatic heterocycles. The highest BCUT2D eigenvalue weighted by Gasteiger charge is 2.00. The first-order valence-corrected chi connectivity index (χ1v) is 5.69. The van der Waals surface area contributed by atoms with Gasteiger partial charge in [0.25, 0.3) is 0 Å². The third-order valence-electron chi connectivity index (χ3n) is 2.60. The van der Waals surface area contributed by atoms with Crippen molar-refractivity contribution < 1.29 is 4.79 Å². The van der Waals surface area contributed by atoms with Crippen molar-refractivity contribution in [2.45, 2.75) is 20.8 Å². The van der Waals surface area contributed by atoms with Crippen LogP contribution in [-0.2, 0) is 4.79 Å². The second kappa shape index (κ2) is 6.11. The van der Waals surface area contributed by atoms with E-state index in [2.05, 4.69) is 30.9 Å². The van der Waals surface area contributed by atoms with Crippen LogP contribution in [0.25, 0.3) is 6.08 Å². The maximum Gasteiger partial charge on any atom is 0.145 e. The van der Waals surface area contributed by atoms with Gasteiger partial charge in [-0.15, -0.1) is 0 Å². The predicted molar refractivity (Wildman–Crippen MR) is 69.7 cm³/mol. The summed E-state index contributed by atoms with van der Waals surface area (Å²) in [5.74, 6) is 0. The summed E-state index contributed by atoms with van der Waals surface area (Å²) in [7, 11) is 0. The van der Waals surface area contributed by atoms with E-state index in [0.717, 1.165) is 30.5 Å². The summed E-state index contributed by atoms with van der Waals surface area (Å²) < 4.78 is 0. The van der Waals surface area contributed by atoms with Crippen molar-refractivity contribution in [3.63, 3.8) is 0 Å². The number of aldehydes is 1. The zero-order chi connectivity index (χ0) is 12.0. The number of carbonyl (C=O) groups excluding carboxylic acids is 1. The molecule has 0 radical (unpaired) electrons. The van der Waals surface area contributed by atoms with Gasteiger partial charge in [-0.2, -0.15) is 0 Å². The smallest absolute Gasteiger partial charge is 0.145 e. The number of allylic oxidation sites excluding steroid dienone is 1. The highest BCUT2D eigenvalue weighted by atomic mass is 16.1. The zero-order valence-corrected chi connectivity index (χ0v) is 10.2. The molecule has 2 nitrogen and oxygen atoms in total. The van der Waals surface area contributed by atoms with Crippen molar-refractivity contribution in [3.8, 4) is 0 Å². The van der Waals surface area contributed by atoms with Crippen molar-refractivity contribution in [1.82, 2.24) is 0 Å². The standard InChI is InChI=1S/C14H19NO/c1-4-15(5-2)14-8-6-13(7-9-14)10-12(3)11-16/h6-11H,4-5H2,1-3H3/b12-10+. The molecule has 0 aliphatic heterocycles. The van der Waals surface area contributed by atoms with Crippen LogP contribution in [0.5, 0.6) is 0 Å². The molecule has 1 aromatic rings. The summed E-state index contributed by atoms with van der Waals surface area (Å²) in [4.78, 5) is 12.8. The second-order valence-corrected chi connectivity index (χ2v) is 3.77. The molecule has 0 amide bonds. The molecule has 0 saturated heterocycles. The van der Waals surface area contributed by atoms with Crippen LogP contribution >= 0.6 is 0 Å². The Bertz CT molecular complexity index is 361. The van der Waals surface area contributed by atoms with E-state index >= 15 is 0 Å². The summed E-state index contributed by atoms with van der Waals surface area (Å²) in [5.41, 5.74) is 3.04. The van der Waals surface area contributed by atoms with Gasteiger partial charge in [0, 0.05) is 18.8 Å². The number of nitrogens with zero attached hydrogens (tertiary/aromatic N) is 1. The molecule has 1 aromatic carbocycles. The maximum absolute atomic E-state index is 10.5. The lowest BCUT2D eigenvalue weighted by Crippen LogP contribution is -2.21. The van der Waals surface area contributed by atoms with E-state index in [9.17, 15) is 4.79 Å². The normalized spacial score (nSPS) is 11.3. The first-order chi connectivity index (χ1) is 7.71. The summed E-state index contributed by atoms with van der Waals surface area (Å²) in [5, 5.41) is 0. The van der Waals surface area contributed by atoms with Crippen molar-refractivity contribution in [2.24, 2.45) is 0 Å². The summed E-state index contributed by atoms with van der Waals surface area (Å²) in [6.07, 6.45) is 2.76. The SMILES string of the molecule is CCN(CC)c1ccc(/C=C(\C)C=O)cc1. The molecule has 0 unspecified atom stereocenters. The Morgan fingerprint density at radius 1 is 1.19 bits per heavy atom. The molecule has 16 heavy (non-hydrogen) atoms. The Morgan fingerprint density at radius 2 is 1.75 bits per heavy atom. The van der Waals surface area contributed by atoms with E-state index in [4.69, 9.17) is 0 Å². The fourth-order valence-electron chi connectivity index (χ4n) is 1.67. The predicted octanol–water partition coefficient (Wildman–Crippen LogP) is 3.14. The van der Waals surface area contributed by atoms with Crippen LogP contribution in [-0.4, -0.2) is 19.4 Å². The molecule has 2 heteroatoms. The van der Waals surface area contributed by atoms with Gasteiger partial charge in [0.2, 0.25) is 0 Å². The second-order valence-electron chi connectivity index (χ2n) is 3.77. The Balaban J connectivity index is 2.86. The van der Waals surface area contributed by atoms with E-state index < -0.39 is 0 Å². The number of benzene rings is 1. The third-order valence-corrected chi connectivity index (χ3v) is 2.60. The van der Waals surface area contributed by atoms with Crippen molar-refractivity contribution in [3.05, 3.63) is 35.4 Å². The minimum atomic E-state index is 0.746. The topological polar surface area (TPSA) is 20.3 Å². The van der Waals surface area contributed by atoms with Crippen LogP contribution in [0.15, 0.2) is 29.8 Å². The largest absolute Gasteiger partial charge is 0.372 e. The number of hydrogen-bond donors (Lipinski definition) is 0. The van der Waals surface area contributed by atoms with Crippen molar-refractivity contribution in [1.29, 1.82) is 0 Å². The Kier molecular flexibility index (Phi) is 4.77. The van der Waals surface area contributed by atoms with Gasteiger partial charge in [-0.3, -0.25) is 4.79 Å². The van der Waals surface area contributed by atoms with E-state index in [0.29, 0.717) is 0 Å². The molecule has 0 spiro atoms. The quantitative estimate of drug-likeness (QED) is 0.558. The monoisotopic (exact) mass is 217 g/mol. The molecular formula is C14H19NO. The van der Waals surface area contributed by atoms with Crippen molar-refractivity contribution in [2.75, 3.05) is 18.0 Å².